The molecule has 1 aliphatic carbocycles. The molecule has 0 N–H and O–H groups in total. The first-order valence-corrected chi connectivity index (χ1v) is 17.7. The fourth-order valence-electron chi connectivity index (χ4n) is 6.42. The molecule has 50 heavy (non-hydrogen) atoms. The topological polar surface area (TPSA) is 81.6 Å². The molecule has 0 bridgehead atoms. The number of anilines is 2. The molecule has 0 saturated heterocycles. The number of pyridine rings is 1. The Morgan fingerprint density at radius 3 is 2.42 bits per heavy atom. The number of aryl methyl sites for hydroxylation is 2. The number of nitrogens with zero attached hydrogens (tertiary/aromatic N) is 3. The molecular formula is C41H34ClN3O4S. The number of fused-ring (bicyclic) bond motifs is 2. The van der Waals surface area contributed by atoms with Crippen LogP contribution in [0.15, 0.2) is 96.4 Å². The number of hydrogen-bond donors (Lipinski definition) is 0. The van der Waals surface area contributed by atoms with Crippen LogP contribution in [0.3, 0.4) is 0 Å². The summed E-state index contributed by atoms with van der Waals surface area (Å²) in [6.45, 7) is 5.30. The zero-order chi connectivity index (χ0) is 34.8. The van der Waals surface area contributed by atoms with Gasteiger partial charge in [-0.2, -0.15) is 0 Å². The van der Waals surface area contributed by atoms with Gasteiger partial charge in [-0.25, -0.2) is 14.8 Å². The van der Waals surface area contributed by atoms with Crippen LogP contribution in [0.5, 0.6) is 11.5 Å². The van der Waals surface area contributed by atoms with Crippen LogP contribution in [0, 0.1) is 13.8 Å². The van der Waals surface area contributed by atoms with Crippen molar-refractivity contribution in [2.45, 2.75) is 46.6 Å². The van der Waals surface area contributed by atoms with Gasteiger partial charge < -0.3 is 9.47 Å². The van der Waals surface area contributed by atoms with Gasteiger partial charge in [0, 0.05) is 17.7 Å². The van der Waals surface area contributed by atoms with Crippen molar-refractivity contribution < 1.29 is 19.1 Å². The first-order valence-electron chi connectivity index (χ1n) is 16.4. The second kappa shape index (κ2) is 14.3. The number of aromatic nitrogens is 2. The van der Waals surface area contributed by atoms with Gasteiger partial charge >= 0.3 is 5.97 Å². The number of carbonyl (C=O) groups excluding carboxylic acids is 2. The van der Waals surface area contributed by atoms with Gasteiger partial charge in [0.05, 0.1) is 33.2 Å². The van der Waals surface area contributed by atoms with Crippen molar-refractivity contribution in [1.82, 2.24) is 9.97 Å². The number of rotatable bonds is 8. The van der Waals surface area contributed by atoms with Gasteiger partial charge in [0.1, 0.15) is 18.1 Å². The van der Waals surface area contributed by atoms with Crippen molar-refractivity contribution in [3.63, 3.8) is 0 Å². The van der Waals surface area contributed by atoms with Crippen LogP contribution < -0.4 is 9.64 Å². The van der Waals surface area contributed by atoms with Crippen LogP contribution in [0.1, 0.15) is 63.8 Å². The summed E-state index contributed by atoms with van der Waals surface area (Å²) >= 11 is 7.89. The molecule has 0 unspecified atom stereocenters. The maximum Gasteiger partial charge on any atom is 0.339 e. The van der Waals surface area contributed by atoms with Gasteiger partial charge in [0.2, 0.25) is 5.91 Å². The van der Waals surface area contributed by atoms with Crippen molar-refractivity contribution in [3.05, 3.63) is 141 Å². The molecular weight excluding hydrogens is 666 g/mol. The van der Waals surface area contributed by atoms with Crippen LogP contribution in [0.2, 0.25) is 5.02 Å². The number of amides is 1. The SMILES string of the molecule is CC(=O)N(c1nc(COC(=O)c2c3c(nc4ccccc24)/C(=C\c2ccc(Oc4ccccc4)cc2)CCC3)cs1)c1c(C)cc(C)cc1Cl. The van der Waals surface area contributed by atoms with Gasteiger partial charge in [-0.05, 0) is 103 Å². The number of hydrogen-bond acceptors (Lipinski definition) is 7. The summed E-state index contributed by atoms with van der Waals surface area (Å²) in [5.41, 5.74) is 8.08. The van der Waals surface area contributed by atoms with Crippen LogP contribution in [-0.2, 0) is 22.6 Å². The molecule has 0 fully saturated rings. The zero-order valence-electron chi connectivity index (χ0n) is 27.9. The average Bonchev–Trinajstić information content (AvgIpc) is 3.57. The summed E-state index contributed by atoms with van der Waals surface area (Å²) in [6, 6.07) is 29.1. The Labute approximate surface area is 299 Å². The van der Waals surface area contributed by atoms with E-state index in [2.05, 4.69) is 11.1 Å². The predicted octanol–water partition coefficient (Wildman–Crippen LogP) is 10.7. The third-order valence-corrected chi connectivity index (χ3v) is 9.76. The second-order valence-electron chi connectivity index (χ2n) is 12.3. The predicted molar refractivity (Wildman–Crippen MR) is 200 cm³/mol. The molecule has 1 aliphatic rings. The summed E-state index contributed by atoms with van der Waals surface area (Å²) in [7, 11) is 0. The second-order valence-corrected chi connectivity index (χ2v) is 13.5. The lowest BCUT2D eigenvalue weighted by Gasteiger charge is -2.22. The van der Waals surface area contributed by atoms with Gasteiger partial charge in [-0.1, -0.05) is 66.2 Å². The van der Waals surface area contributed by atoms with E-state index in [-0.39, 0.29) is 12.5 Å². The minimum absolute atomic E-state index is 0.0484. The zero-order valence-corrected chi connectivity index (χ0v) is 29.5. The molecule has 0 radical (unpaired) electrons. The fourth-order valence-corrected chi connectivity index (χ4v) is 7.69. The Morgan fingerprint density at radius 2 is 1.66 bits per heavy atom. The van der Waals surface area contributed by atoms with E-state index in [1.54, 1.807) is 5.38 Å². The molecule has 6 aromatic rings. The maximum absolute atomic E-state index is 14.0. The number of halogens is 1. The Kier molecular flexibility index (Phi) is 9.48. The molecule has 7 rings (SSSR count). The van der Waals surface area contributed by atoms with Crippen molar-refractivity contribution in [3.8, 4) is 11.5 Å². The highest BCUT2D eigenvalue weighted by molar-refractivity contribution is 7.14. The number of ether oxygens (including phenoxy) is 2. The average molecular weight is 700 g/mol. The lowest BCUT2D eigenvalue weighted by Crippen LogP contribution is -2.24. The summed E-state index contributed by atoms with van der Waals surface area (Å²) < 4.78 is 11.9. The number of thiazole rings is 1. The molecule has 0 spiro atoms. The van der Waals surface area contributed by atoms with Gasteiger partial charge in [0.25, 0.3) is 0 Å². The third kappa shape index (κ3) is 6.90. The van der Waals surface area contributed by atoms with Crippen molar-refractivity contribution >= 4 is 68.2 Å². The first kappa shape index (κ1) is 33.2. The minimum Gasteiger partial charge on any atom is -0.457 e. The van der Waals surface area contributed by atoms with Crippen molar-refractivity contribution in [2.75, 3.05) is 4.90 Å². The Bertz CT molecular complexity index is 2240. The maximum atomic E-state index is 14.0. The fraction of sp³-hybridized carbons (Fsp3) is 0.171. The van der Waals surface area contributed by atoms with E-state index in [0.717, 1.165) is 68.8 Å². The first-order chi connectivity index (χ1) is 24.2. The van der Waals surface area contributed by atoms with Crippen LogP contribution in [0.4, 0.5) is 10.8 Å². The highest BCUT2D eigenvalue weighted by atomic mass is 35.5. The van der Waals surface area contributed by atoms with E-state index < -0.39 is 5.97 Å². The van der Waals surface area contributed by atoms with E-state index in [1.807, 2.05) is 105 Å². The van der Waals surface area contributed by atoms with Gasteiger partial charge in [0.15, 0.2) is 5.13 Å². The number of esters is 1. The lowest BCUT2D eigenvalue weighted by molar-refractivity contribution is -0.115. The molecule has 0 atom stereocenters. The monoisotopic (exact) mass is 699 g/mol. The summed E-state index contributed by atoms with van der Waals surface area (Å²) in [6.07, 6.45) is 4.57. The summed E-state index contributed by atoms with van der Waals surface area (Å²) in [5, 5.41) is 3.48. The number of benzene rings is 4. The number of para-hydroxylation sites is 2. The highest BCUT2D eigenvalue weighted by Gasteiger charge is 2.27. The standard InChI is InChI=1S/C41H34ClN3O4S/c1-25-20-26(2)39(35(42)21-25)45(27(3)46)41-43-30(24-50-41)23-48-40(47)37-33-13-7-8-15-36(33)44-38-29(10-9-14-34(37)38)22-28-16-18-32(19-17-28)49-31-11-5-4-6-12-31/h4-8,11-13,15-22,24H,9-10,14,23H2,1-3H3/b29-22-. The number of carbonyl (C=O) groups is 2. The van der Waals surface area contributed by atoms with Crippen molar-refractivity contribution in [1.29, 1.82) is 0 Å². The Balaban J connectivity index is 1.15. The molecule has 0 aliphatic heterocycles. The molecule has 7 nitrogen and oxygen atoms in total. The summed E-state index contributed by atoms with van der Waals surface area (Å²) in [5.74, 6) is 0.892. The third-order valence-electron chi connectivity index (χ3n) is 8.59. The Hall–Kier alpha value is -5.31. The van der Waals surface area contributed by atoms with E-state index in [0.29, 0.717) is 33.5 Å². The quantitative estimate of drug-likeness (QED) is 0.147. The largest absolute Gasteiger partial charge is 0.457 e. The smallest absolute Gasteiger partial charge is 0.339 e. The van der Waals surface area contributed by atoms with E-state index in [4.69, 9.17) is 26.1 Å². The summed E-state index contributed by atoms with van der Waals surface area (Å²) in [4.78, 5) is 38.0. The van der Waals surface area contributed by atoms with E-state index in [9.17, 15) is 9.59 Å². The van der Waals surface area contributed by atoms with Gasteiger partial charge in [-0.15, -0.1) is 11.3 Å². The molecule has 2 aromatic heterocycles. The highest BCUT2D eigenvalue weighted by Crippen LogP contribution is 2.39. The number of allylic oxidation sites excluding steroid dienone is 1. The molecule has 2 heterocycles. The van der Waals surface area contributed by atoms with E-state index >= 15 is 0 Å². The van der Waals surface area contributed by atoms with Gasteiger partial charge in [-0.3, -0.25) is 9.69 Å². The Morgan fingerprint density at radius 1 is 0.920 bits per heavy atom. The molecule has 4 aromatic carbocycles. The normalized spacial score (nSPS) is 13.2. The molecule has 1 amide bonds. The van der Waals surface area contributed by atoms with Crippen molar-refractivity contribution in [2.24, 2.45) is 0 Å². The van der Waals surface area contributed by atoms with Crippen LogP contribution in [0.25, 0.3) is 22.6 Å². The van der Waals surface area contributed by atoms with Crippen LogP contribution in [-0.4, -0.2) is 21.8 Å². The minimum atomic E-state index is -0.432. The van der Waals surface area contributed by atoms with E-state index in [1.165, 1.54) is 23.2 Å². The molecule has 250 valence electrons. The lowest BCUT2D eigenvalue weighted by atomic mass is 9.86. The molecule has 9 heteroatoms. The molecule has 0 saturated carbocycles. The van der Waals surface area contributed by atoms with Crippen LogP contribution >= 0.6 is 22.9 Å².